The molecule has 0 bridgehead atoms. The van der Waals surface area contributed by atoms with Crippen molar-refractivity contribution in [1.82, 2.24) is 0 Å². The highest BCUT2D eigenvalue weighted by Gasteiger charge is 2.29. The summed E-state index contributed by atoms with van der Waals surface area (Å²) in [7, 11) is 0. The molecule has 0 saturated heterocycles. The summed E-state index contributed by atoms with van der Waals surface area (Å²) in [5, 5.41) is 4.70. The van der Waals surface area contributed by atoms with E-state index >= 15 is 0 Å². The Morgan fingerprint density at radius 1 is 1.14 bits per heavy atom. The fraction of sp³-hybridized carbons (Fsp3) is 0.200. The highest BCUT2D eigenvalue weighted by Crippen LogP contribution is 2.36. The van der Waals surface area contributed by atoms with E-state index in [0.717, 1.165) is 4.90 Å². The van der Waals surface area contributed by atoms with E-state index in [9.17, 15) is 19.2 Å². The Hall–Kier alpha value is -3.13. The van der Waals surface area contributed by atoms with Gasteiger partial charge in [-0.2, -0.15) is 0 Å². The lowest BCUT2D eigenvalue weighted by atomic mass is 10.1. The molecule has 1 aliphatic rings. The zero-order chi connectivity index (χ0) is 20.1. The molecule has 1 atom stereocenters. The number of para-hydroxylation sites is 1. The molecule has 0 radical (unpaired) electrons. The molecule has 0 aromatic heterocycles. The highest BCUT2D eigenvalue weighted by molar-refractivity contribution is 8.01. The molecule has 2 aromatic rings. The Balaban J connectivity index is 1.49. The quantitative estimate of drug-likeness (QED) is 0.573. The summed E-state index contributed by atoms with van der Waals surface area (Å²) in [5.74, 6) is -1.56. The lowest BCUT2D eigenvalue weighted by Gasteiger charge is -2.23. The first-order chi connectivity index (χ1) is 13.4. The number of anilines is 2. The lowest BCUT2D eigenvalue weighted by Crippen LogP contribution is -2.32. The predicted octanol–water partition coefficient (Wildman–Crippen LogP) is 2.87. The second-order valence-corrected chi connectivity index (χ2v) is 7.39. The standard InChI is InChI=1S/C20H18N2O5S/c1-12(23)13-5-4-6-14(9-13)21-18(24)11-27-19(25)10-17-20(26)22-15-7-2-3-8-16(15)28-17/h2-9,17H,10-11H2,1H3,(H,21,24)(H,22,26)/t17-/m0/s1. The van der Waals surface area contributed by atoms with Crippen LogP contribution in [0.1, 0.15) is 23.7 Å². The summed E-state index contributed by atoms with van der Waals surface area (Å²) in [4.78, 5) is 48.4. The fourth-order valence-electron chi connectivity index (χ4n) is 2.60. The molecule has 2 N–H and O–H groups in total. The molecular formula is C20H18N2O5S. The van der Waals surface area contributed by atoms with E-state index in [2.05, 4.69) is 10.6 Å². The number of hydrogen-bond donors (Lipinski definition) is 2. The number of ether oxygens (including phenoxy) is 1. The van der Waals surface area contributed by atoms with Gasteiger partial charge in [0.1, 0.15) is 0 Å². The fourth-order valence-corrected chi connectivity index (χ4v) is 3.69. The summed E-state index contributed by atoms with van der Waals surface area (Å²) in [6, 6.07) is 13.8. The number of benzene rings is 2. The van der Waals surface area contributed by atoms with Crippen LogP contribution < -0.4 is 10.6 Å². The van der Waals surface area contributed by atoms with Gasteiger partial charge in [0.15, 0.2) is 12.4 Å². The van der Waals surface area contributed by atoms with E-state index in [1.54, 1.807) is 30.3 Å². The normalized spacial score (nSPS) is 15.2. The van der Waals surface area contributed by atoms with Crippen LogP contribution in [-0.2, 0) is 19.1 Å². The van der Waals surface area contributed by atoms with Crippen LogP contribution in [0.15, 0.2) is 53.4 Å². The number of carbonyl (C=O) groups is 4. The number of hydrogen-bond acceptors (Lipinski definition) is 6. The largest absolute Gasteiger partial charge is 0.456 e. The maximum atomic E-state index is 12.1. The molecule has 0 aliphatic carbocycles. The van der Waals surface area contributed by atoms with Crippen LogP contribution in [0, 0.1) is 0 Å². The molecule has 0 fully saturated rings. The molecule has 1 aliphatic heterocycles. The van der Waals surface area contributed by atoms with Crippen molar-refractivity contribution >= 4 is 46.7 Å². The Morgan fingerprint density at radius 2 is 1.93 bits per heavy atom. The van der Waals surface area contributed by atoms with Crippen molar-refractivity contribution in [1.29, 1.82) is 0 Å². The Labute approximate surface area is 165 Å². The zero-order valence-electron chi connectivity index (χ0n) is 15.1. The third-order valence-electron chi connectivity index (χ3n) is 3.98. The molecule has 144 valence electrons. The zero-order valence-corrected chi connectivity index (χ0v) is 15.9. The van der Waals surface area contributed by atoms with Crippen LogP contribution in [0.3, 0.4) is 0 Å². The van der Waals surface area contributed by atoms with Gasteiger partial charge >= 0.3 is 5.97 Å². The molecule has 0 saturated carbocycles. The summed E-state index contributed by atoms with van der Waals surface area (Å²) in [6.07, 6.45) is -0.141. The summed E-state index contributed by atoms with van der Waals surface area (Å²) in [6.45, 7) is 0.958. The SMILES string of the molecule is CC(=O)c1cccc(NC(=O)COC(=O)C[C@@H]2Sc3ccccc3NC2=O)c1. The van der Waals surface area contributed by atoms with Gasteiger partial charge in [0.25, 0.3) is 5.91 Å². The lowest BCUT2D eigenvalue weighted by molar-refractivity contribution is -0.147. The molecular weight excluding hydrogens is 380 g/mol. The maximum absolute atomic E-state index is 12.1. The van der Waals surface area contributed by atoms with E-state index in [4.69, 9.17) is 4.74 Å². The molecule has 7 nitrogen and oxygen atoms in total. The van der Waals surface area contributed by atoms with Crippen molar-refractivity contribution in [2.24, 2.45) is 0 Å². The van der Waals surface area contributed by atoms with Crippen molar-refractivity contribution in [3.8, 4) is 0 Å². The number of rotatable bonds is 6. The molecule has 2 amide bonds. The molecule has 8 heteroatoms. The number of nitrogens with one attached hydrogen (secondary N) is 2. The van der Waals surface area contributed by atoms with Crippen LogP contribution in [0.2, 0.25) is 0 Å². The predicted molar refractivity (Wildman–Crippen MR) is 105 cm³/mol. The maximum Gasteiger partial charge on any atom is 0.307 e. The topological polar surface area (TPSA) is 102 Å². The second kappa shape index (κ2) is 8.71. The van der Waals surface area contributed by atoms with Gasteiger partial charge < -0.3 is 15.4 Å². The van der Waals surface area contributed by atoms with Crippen LogP contribution in [0.4, 0.5) is 11.4 Å². The molecule has 0 unspecified atom stereocenters. The minimum atomic E-state index is -0.639. The van der Waals surface area contributed by atoms with E-state index in [1.807, 2.05) is 18.2 Å². The summed E-state index contributed by atoms with van der Waals surface area (Å²) < 4.78 is 4.98. The smallest absolute Gasteiger partial charge is 0.307 e. The Bertz CT molecular complexity index is 944. The number of ketones is 1. The molecule has 3 rings (SSSR count). The summed E-state index contributed by atoms with van der Waals surface area (Å²) in [5.41, 5.74) is 1.62. The third kappa shape index (κ3) is 4.98. The molecule has 1 heterocycles. The van der Waals surface area contributed by atoms with Gasteiger partial charge in [-0.1, -0.05) is 24.3 Å². The van der Waals surface area contributed by atoms with Gasteiger partial charge in [-0.3, -0.25) is 19.2 Å². The van der Waals surface area contributed by atoms with Crippen molar-refractivity contribution in [3.05, 3.63) is 54.1 Å². The van der Waals surface area contributed by atoms with Gasteiger partial charge in [-0.05, 0) is 31.2 Å². The van der Waals surface area contributed by atoms with Crippen LogP contribution >= 0.6 is 11.8 Å². The highest BCUT2D eigenvalue weighted by atomic mass is 32.2. The Morgan fingerprint density at radius 3 is 2.71 bits per heavy atom. The molecule has 2 aromatic carbocycles. The van der Waals surface area contributed by atoms with Crippen molar-refractivity contribution in [2.75, 3.05) is 17.2 Å². The molecule has 28 heavy (non-hydrogen) atoms. The second-order valence-electron chi connectivity index (χ2n) is 6.14. The molecule has 0 spiro atoms. The van der Waals surface area contributed by atoms with Gasteiger partial charge in [0, 0.05) is 16.1 Å². The minimum absolute atomic E-state index is 0.118. The van der Waals surface area contributed by atoms with Gasteiger partial charge in [-0.15, -0.1) is 11.8 Å². The number of Topliss-reactive ketones (excluding diaryl/α,β-unsaturated/α-hetero) is 1. The van der Waals surface area contributed by atoms with Crippen molar-refractivity contribution in [3.63, 3.8) is 0 Å². The Kier molecular flexibility index (Phi) is 6.10. The number of fused-ring (bicyclic) bond motifs is 1. The minimum Gasteiger partial charge on any atom is -0.456 e. The first kappa shape index (κ1) is 19.6. The first-order valence-corrected chi connectivity index (χ1v) is 9.43. The van der Waals surface area contributed by atoms with E-state index in [-0.39, 0.29) is 18.1 Å². The van der Waals surface area contributed by atoms with E-state index in [0.29, 0.717) is 16.9 Å². The van der Waals surface area contributed by atoms with Crippen molar-refractivity contribution in [2.45, 2.75) is 23.5 Å². The van der Waals surface area contributed by atoms with Gasteiger partial charge in [0.2, 0.25) is 5.91 Å². The van der Waals surface area contributed by atoms with Crippen LogP contribution in [-0.4, -0.2) is 35.4 Å². The average Bonchev–Trinajstić information content (AvgIpc) is 2.67. The number of esters is 1. The first-order valence-electron chi connectivity index (χ1n) is 8.55. The number of thioether (sulfide) groups is 1. The van der Waals surface area contributed by atoms with Gasteiger partial charge in [0.05, 0.1) is 17.4 Å². The van der Waals surface area contributed by atoms with E-state index < -0.39 is 23.7 Å². The van der Waals surface area contributed by atoms with E-state index in [1.165, 1.54) is 18.7 Å². The van der Waals surface area contributed by atoms with Gasteiger partial charge in [-0.25, -0.2) is 0 Å². The number of amides is 2. The number of carbonyl (C=O) groups excluding carboxylic acids is 4. The van der Waals surface area contributed by atoms with Crippen molar-refractivity contribution < 1.29 is 23.9 Å². The summed E-state index contributed by atoms with van der Waals surface area (Å²) >= 11 is 1.29. The average molecular weight is 398 g/mol. The monoisotopic (exact) mass is 398 g/mol. The third-order valence-corrected chi connectivity index (χ3v) is 5.25. The van der Waals surface area contributed by atoms with Crippen LogP contribution in [0.25, 0.3) is 0 Å². The van der Waals surface area contributed by atoms with Crippen LogP contribution in [0.5, 0.6) is 0 Å².